The summed E-state index contributed by atoms with van der Waals surface area (Å²) in [6.45, 7) is 5.98. The predicted molar refractivity (Wildman–Crippen MR) is 65.6 cm³/mol. The van der Waals surface area contributed by atoms with Gasteiger partial charge < -0.3 is 21.4 Å². The van der Waals surface area contributed by atoms with Crippen LogP contribution in [-0.4, -0.2) is 35.8 Å². The number of nitrogens with zero attached hydrogens (tertiary/aromatic N) is 1. The summed E-state index contributed by atoms with van der Waals surface area (Å²) in [4.78, 5) is 0. The summed E-state index contributed by atoms with van der Waals surface area (Å²) in [6, 6.07) is 0. The minimum atomic E-state index is -0.271. The van der Waals surface area contributed by atoms with Gasteiger partial charge in [0.15, 0.2) is 0 Å². The Morgan fingerprint density at radius 3 is 2.50 bits per heavy atom. The van der Waals surface area contributed by atoms with Gasteiger partial charge in [-0.05, 0) is 38.8 Å². The molecule has 16 heavy (non-hydrogen) atoms. The first kappa shape index (κ1) is 15.2. The van der Waals surface area contributed by atoms with Gasteiger partial charge in [0.05, 0.1) is 0 Å². The third kappa shape index (κ3) is 6.63. The Hall–Kier alpha value is -0.810. The Bertz CT molecular complexity index is 205. The quantitative estimate of drug-likeness (QED) is 0.156. The molecule has 0 unspecified atom stereocenters. The first-order chi connectivity index (χ1) is 7.54. The van der Waals surface area contributed by atoms with Crippen molar-refractivity contribution >= 4 is 5.84 Å². The number of hydrogen-bond donors (Lipinski definition) is 4. The molecule has 0 saturated heterocycles. The van der Waals surface area contributed by atoms with E-state index in [1.165, 1.54) is 0 Å². The standard InChI is InChI=1S/C11H25N3O2/c1-11(2,10(12)14-16)6-8-13-7-4-3-5-9-15/h13,15-16H,3-9H2,1-2H3,(H2,12,14). The summed E-state index contributed by atoms with van der Waals surface area (Å²) in [7, 11) is 0. The van der Waals surface area contributed by atoms with E-state index in [1.807, 2.05) is 13.8 Å². The lowest BCUT2D eigenvalue weighted by Crippen LogP contribution is -2.35. The van der Waals surface area contributed by atoms with Crippen LogP contribution >= 0.6 is 0 Å². The maximum absolute atomic E-state index is 8.59. The van der Waals surface area contributed by atoms with E-state index in [-0.39, 0.29) is 17.9 Å². The van der Waals surface area contributed by atoms with Crippen LogP contribution in [0.3, 0.4) is 0 Å². The average molecular weight is 231 g/mol. The molecule has 0 aliphatic heterocycles. The molecule has 0 heterocycles. The molecule has 0 aliphatic rings. The van der Waals surface area contributed by atoms with Gasteiger partial charge >= 0.3 is 0 Å². The van der Waals surface area contributed by atoms with Gasteiger partial charge in [-0.2, -0.15) is 0 Å². The second kappa shape index (κ2) is 8.35. The molecule has 0 spiro atoms. The summed E-state index contributed by atoms with van der Waals surface area (Å²) in [5.41, 5.74) is 5.30. The number of oxime groups is 1. The van der Waals surface area contributed by atoms with Gasteiger partial charge in [-0.1, -0.05) is 19.0 Å². The molecule has 0 aromatic heterocycles. The van der Waals surface area contributed by atoms with Crippen molar-refractivity contribution < 1.29 is 10.3 Å². The fourth-order valence-electron chi connectivity index (χ4n) is 1.33. The van der Waals surface area contributed by atoms with Gasteiger partial charge in [0.1, 0.15) is 5.84 Å². The Morgan fingerprint density at radius 2 is 1.94 bits per heavy atom. The van der Waals surface area contributed by atoms with Crippen LogP contribution in [0, 0.1) is 5.41 Å². The SMILES string of the molecule is CC(C)(CCNCCCCCO)C(N)=NO. The van der Waals surface area contributed by atoms with Crippen LogP contribution in [0.4, 0.5) is 0 Å². The molecule has 0 aliphatic carbocycles. The van der Waals surface area contributed by atoms with Crippen LogP contribution in [0.1, 0.15) is 39.5 Å². The van der Waals surface area contributed by atoms with Crippen LogP contribution in [0.5, 0.6) is 0 Å². The maximum atomic E-state index is 8.59. The van der Waals surface area contributed by atoms with E-state index in [1.54, 1.807) is 0 Å². The third-order valence-corrected chi connectivity index (χ3v) is 2.74. The maximum Gasteiger partial charge on any atom is 0.144 e. The van der Waals surface area contributed by atoms with E-state index in [0.29, 0.717) is 0 Å². The molecule has 0 saturated carbocycles. The van der Waals surface area contributed by atoms with Crippen molar-refractivity contribution in [1.29, 1.82) is 0 Å². The zero-order valence-electron chi connectivity index (χ0n) is 10.4. The van der Waals surface area contributed by atoms with Crippen molar-refractivity contribution in [2.45, 2.75) is 39.5 Å². The summed E-state index contributed by atoms with van der Waals surface area (Å²) in [5.74, 6) is 0.273. The van der Waals surface area contributed by atoms with Gasteiger partial charge in [-0.25, -0.2) is 0 Å². The molecule has 0 rings (SSSR count). The number of aliphatic hydroxyl groups excluding tert-OH is 1. The molecule has 0 aromatic rings. The summed E-state index contributed by atoms with van der Waals surface area (Å²) in [5, 5.41) is 23.5. The van der Waals surface area contributed by atoms with Crippen molar-refractivity contribution in [2.75, 3.05) is 19.7 Å². The van der Waals surface area contributed by atoms with E-state index in [2.05, 4.69) is 10.5 Å². The van der Waals surface area contributed by atoms with Gasteiger partial charge in [0, 0.05) is 12.0 Å². The zero-order valence-corrected chi connectivity index (χ0v) is 10.4. The lowest BCUT2D eigenvalue weighted by atomic mass is 9.88. The number of rotatable bonds is 9. The highest BCUT2D eigenvalue weighted by Crippen LogP contribution is 2.19. The Labute approximate surface area is 97.7 Å². The van der Waals surface area contributed by atoms with E-state index < -0.39 is 0 Å². The second-order valence-electron chi connectivity index (χ2n) is 4.65. The molecule has 5 heteroatoms. The first-order valence-electron chi connectivity index (χ1n) is 5.84. The number of nitrogens with one attached hydrogen (secondary N) is 1. The van der Waals surface area contributed by atoms with E-state index in [0.717, 1.165) is 38.8 Å². The average Bonchev–Trinajstić information content (AvgIpc) is 2.26. The van der Waals surface area contributed by atoms with Crippen molar-refractivity contribution in [3.8, 4) is 0 Å². The molecular weight excluding hydrogens is 206 g/mol. The van der Waals surface area contributed by atoms with Crippen LogP contribution in [0.25, 0.3) is 0 Å². The number of amidine groups is 1. The minimum absolute atomic E-state index is 0.271. The minimum Gasteiger partial charge on any atom is -0.409 e. The molecule has 0 amide bonds. The molecule has 0 fully saturated rings. The third-order valence-electron chi connectivity index (χ3n) is 2.74. The van der Waals surface area contributed by atoms with E-state index >= 15 is 0 Å². The molecule has 0 aromatic carbocycles. The zero-order chi connectivity index (χ0) is 12.4. The Kier molecular flexibility index (Phi) is 7.93. The monoisotopic (exact) mass is 231 g/mol. The van der Waals surface area contributed by atoms with Crippen LogP contribution in [0.15, 0.2) is 5.16 Å². The highest BCUT2D eigenvalue weighted by Gasteiger charge is 2.22. The lowest BCUT2D eigenvalue weighted by molar-refractivity contribution is 0.282. The predicted octanol–water partition coefficient (Wildman–Crippen LogP) is 0.901. The molecule has 5 nitrogen and oxygen atoms in total. The number of aliphatic hydroxyl groups is 1. The number of unbranched alkanes of at least 4 members (excludes halogenated alkanes) is 2. The molecular formula is C11H25N3O2. The summed E-state index contributed by atoms with van der Waals surface area (Å²) >= 11 is 0. The smallest absolute Gasteiger partial charge is 0.144 e. The van der Waals surface area contributed by atoms with Crippen molar-refractivity contribution in [1.82, 2.24) is 5.32 Å². The highest BCUT2D eigenvalue weighted by atomic mass is 16.4. The largest absolute Gasteiger partial charge is 0.409 e. The van der Waals surface area contributed by atoms with Crippen LogP contribution < -0.4 is 11.1 Å². The van der Waals surface area contributed by atoms with Crippen molar-refractivity contribution in [3.05, 3.63) is 0 Å². The van der Waals surface area contributed by atoms with Crippen molar-refractivity contribution in [2.24, 2.45) is 16.3 Å². The molecule has 0 bridgehead atoms. The number of nitrogens with two attached hydrogens (primary N) is 1. The van der Waals surface area contributed by atoms with Crippen LogP contribution in [0.2, 0.25) is 0 Å². The fourth-order valence-corrected chi connectivity index (χ4v) is 1.33. The second-order valence-corrected chi connectivity index (χ2v) is 4.65. The summed E-state index contributed by atoms with van der Waals surface area (Å²) in [6.07, 6.45) is 3.83. The fraction of sp³-hybridized carbons (Fsp3) is 0.909. The van der Waals surface area contributed by atoms with Gasteiger partial charge in [-0.15, -0.1) is 0 Å². The topological polar surface area (TPSA) is 90.9 Å². The highest BCUT2D eigenvalue weighted by molar-refractivity contribution is 5.85. The molecule has 96 valence electrons. The van der Waals surface area contributed by atoms with Gasteiger partial charge in [0.2, 0.25) is 0 Å². The normalized spacial score (nSPS) is 13.1. The number of hydrogen-bond acceptors (Lipinski definition) is 4. The van der Waals surface area contributed by atoms with E-state index in [9.17, 15) is 0 Å². The molecule has 0 radical (unpaired) electrons. The van der Waals surface area contributed by atoms with Crippen molar-refractivity contribution in [3.63, 3.8) is 0 Å². The molecule has 0 atom stereocenters. The van der Waals surface area contributed by atoms with Gasteiger partial charge in [0.25, 0.3) is 0 Å². The lowest BCUT2D eigenvalue weighted by Gasteiger charge is -2.22. The van der Waals surface area contributed by atoms with Gasteiger partial charge in [-0.3, -0.25) is 0 Å². The molecule has 5 N–H and O–H groups in total. The van der Waals surface area contributed by atoms with E-state index in [4.69, 9.17) is 16.0 Å². The first-order valence-corrected chi connectivity index (χ1v) is 5.84. The Morgan fingerprint density at radius 1 is 1.25 bits per heavy atom. The Balaban J connectivity index is 3.51. The van der Waals surface area contributed by atoms with Crippen LogP contribution in [-0.2, 0) is 0 Å². The summed E-state index contributed by atoms with van der Waals surface area (Å²) < 4.78 is 0.